The van der Waals surface area contributed by atoms with Gasteiger partial charge in [-0.2, -0.15) is 0 Å². The molecular weight excluding hydrogens is 1720 g/mol. The van der Waals surface area contributed by atoms with Crippen molar-refractivity contribution in [1.82, 2.24) is 84.7 Å². The fraction of sp³-hybridized carbons (Fsp3) is 0.0488. The zero-order valence-corrected chi connectivity index (χ0v) is 78.1. The third kappa shape index (κ3) is 23.8. The Labute approximate surface area is 814 Å². The van der Waals surface area contributed by atoms with Gasteiger partial charge in [-0.25, -0.2) is 44.9 Å². The number of nitrogens with zero attached hydrogens (tertiary/aromatic N) is 17. The number of rotatable bonds is 15. The second-order valence-electron chi connectivity index (χ2n) is 33.3. The molecule has 0 aliphatic carbocycles. The first kappa shape index (κ1) is 91.9. The number of fused-ring (bicyclic) bond motifs is 3. The van der Waals surface area contributed by atoms with Gasteiger partial charge in [0.25, 0.3) is 0 Å². The zero-order chi connectivity index (χ0) is 95.6. The summed E-state index contributed by atoms with van der Waals surface area (Å²) in [7, 11) is 0. The lowest BCUT2D eigenvalue weighted by Gasteiger charge is -2.14. The maximum absolute atomic E-state index is 5.31. The molecule has 23 aromatic rings. The molecule has 23 rings (SSSR count). The number of pyridine rings is 11. The third-order valence-corrected chi connectivity index (χ3v) is 23.0. The lowest BCUT2D eigenvalue weighted by Crippen LogP contribution is -1.99. The van der Waals surface area contributed by atoms with Crippen LogP contribution in [0.5, 0.6) is 0 Å². The summed E-state index contributed by atoms with van der Waals surface area (Å²) in [6.45, 7) is 12.2. The minimum Gasteiger partial charge on any atom is -0.265 e. The summed E-state index contributed by atoms with van der Waals surface area (Å²) in [6, 6.07) is 129. The number of hydrogen-bond acceptors (Lipinski definition) is 17. The Bertz CT molecular complexity index is 7050. The van der Waals surface area contributed by atoms with E-state index in [1.165, 1.54) is 88.8 Å². The molecule has 0 unspecified atom stereocenters. The highest BCUT2D eigenvalue weighted by atomic mass is 15.0. The molecule has 0 saturated carbocycles. The first-order valence-corrected chi connectivity index (χ1v) is 46.0. The maximum atomic E-state index is 5.31. The second kappa shape index (κ2) is 44.9. The Kier molecular flexibility index (Phi) is 29.5. The molecule has 17 nitrogen and oxygen atoms in total. The average molecular weight is 1810 g/mol. The van der Waals surface area contributed by atoms with Crippen LogP contribution in [0.2, 0.25) is 0 Å². The van der Waals surface area contributed by atoms with Gasteiger partial charge < -0.3 is 0 Å². The van der Waals surface area contributed by atoms with E-state index in [2.05, 4.69) is 364 Å². The molecule has 10 aromatic carbocycles. The molecule has 0 N–H and O–H groups in total. The number of hydrogen-bond donors (Lipinski definition) is 0. The van der Waals surface area contributed by atoms with Crippen molar-refractivity contribution < 1.29 is 0 Å². The van der Waals surface area contributed by atoms with Gasteiger partial charge in [-0.15, -0.1) is 0 Å². The summed E-state index contributed by atoms with van der Waals surface area (Å²) in [5, 5.41) is 2.29. The average Bonchev–Trinajstić information content (AvgIpc) is 0.774. The first-order chi connectivity index (χ1) is 68.8. The van der Waals surface area contributed by atoms with Gasteiger partial charge in [0.1, 0.15) is 11.6 Å². The van der Waals surface area contributed by atoms with Crippen LogP contribution in [0.3, 0.4) is 0 Å². The van der Waals surface area contributed by atoms with Crippen LogP contribution in [0, 0.1) is 41.5 Å². The van der Waals surface area contributed by atoms with E-state index < -0.39 is 0 Å². The number of aryl methyl sites for hydroxylation is 6. The summed E-state index contributed by atoms with van der Waals surface area (Å²) in [5.41, 5.74) is 34.9. The molecule has 140 heavy (non-hydrogen) atoms. The molecule has 0 bridgehead atoms. The van der Waals surface area contributed by atoms with E-state index in [9.17, 15) is 0 Å². The molecule has 0 amide bonds. The Morgan fingerprint density at radius 2 is 0.443 bits per heavy atom. The monoisotopic (exact) mass is 1810 g/mol. The van der Waals surface area contributed by atoms with Gasteiger partial charge in [-0.1, -0.05) is 218 Å². The van der Waals surface area contributed by atoms with E-state index in [1.807, 2.05) is 148 Å². The number of benzene rings is 10. The standard InChI is InChI=1S/C42H31N.C19H14N2.C18H15N.C16H13N3.2C14H11N5/c1-30-22-41(39-26-35(31-14-6-2-7-15-31)24-36(27-39)32-16-8-3-9-17-32)43-42(23-30)40-28-37(33-18-10-4-11-19-33)25-38(29-40)34-20-12-5-13-21-34;1-13-12-17(14-6-3-2-4-7-14)21-19-16(13)10-9-15-8-5-11-20-18(15)19;1-14-10-17(15-6-3-2-4-7-15)12-18(11-14)16-8-5-9-19-13-16;1-12-8-15(13-4-2-6-17-10-13)19-16(9-12)14-5-3-7-18-11-14;1-10-17-13(11-2-6-15-7-3-11)19-14(18-10)12-4-8-16-9-5-12;1-10-17-13(11-4-2-6-15-8-11)19-14(18-10)12-5-3-7-16-9-12/h2-29H,1H3;2-12H,1H3;2-13H,1H3;2-11H,1H3;2*2-9H,1H3. The molecule has 0 aliphatic heterocycles. The molecule has 17 heteroatoms. The fourth-order valence-electron chi connectivity index (χ4n) is 16.2. The molecule has 672 valence electrons. The van der Waals surface area contributed by atoms with Gasteiger partial charge in [-0.3, -0.25) is 39.9 Å². The maximum Gasteiger partial charge on any atom is 0.165 e. The van der Waals surface area contributed by atoms with Crippen LogP contribution >= 0.6 is 0 Å². The first-order valence-electron chi connectivity index (χ1n) is 46.0. The summed E-state index contributed by atoms with van der Waals surface area (Å²) >= 11 is 0. The Morgan fingerprint density at radius 3 is 0.800 bits per heavy atom. The smallest absolute Gasteiger partial charge is 0.165 e. The molecule has 0 saturated heterocycles. The van der Waals surface area contributed by atoms with E-state index >= 15 is 0 Å². The van der Waals surface area contributed by atoms with Crippen molar-refractivity contribution in [2.24, 2.45) is 0 Å². The highest BCUT2D eigenvalue weighted by Crippen LogP contribution is 2.39. The molecule has 0 radical (unpaired) electrons. The van der Waals surface area contributed by atoms with Gasteiger partial charge in [0.05, 0.1) is 39.5 Å². The van der Waals surface area contributed by atoms with E-state index in [4.69, 9.17) is 15.0 Å². The van der Waals surface area contributed by atoms with E-state index in [1.54, 1.807) is 68.2 Å². The van der Waals surface area contributed by atoms with Gasteiger partial charge in [0, 0.05) is 159 Å². The van der Waals surface area contributed by atoms with Crippen molar-refractivity contribution in [3.05, 3.63) is 503 Å². The molecule has 0 atom stereocenters. The zero-order valence-electron chi connectivity index (χ0n) is 78.1. The van der Waals surface area contributed by atoms with Crippen LogP contribution < -0.4 is 0 Å². The van der Waals surface area contributed by atoms with Crippen molar-refractivity contribution in [2.45, 2.75) is 41.5 Å². The minimum atomic E-state index is 0.624. The molecule has 13 aromatic heterocycles. The topological polar surface area (TPSA) is 219 Å². The van der Waals surface area contributed by atoms with Gasteiger partial charge in [-0.05, 0) is 283 Å². The predicted molar refractivity (Wildman–Crippen MR) is 566 cm³/mol. The molecule has 13 heterocycles. The molecule has 0 aliphatic rings. The van der Waals surface area contributed by atoms with Gasteiger partial charge in [0.2, 0.25) is 0 Å². The van der Waals surface area contributed by atoms with Gasteiger partial charge >= 0.3 is 0 Å². The van der Waals surface area contributed by atoms with Crippen LogP contribution in [0.1, 0.15) is 33.9 Å². The van der Waals surface area contributed by atoms with Crippen LogP contribution in [0.4, 0.5) is 0 Å². The quantitative estimate of drug-likeness (QED) is 0.0871. The highest BCUT2D eigenvalue weighted by molar-refractivity contribution is 6.04. The fourth-order valence-corrected chi connectivity index (χ4v) is 16.2. The van der Waals surface area contributed by atoms with Crippen LogP contribution in [0.15, 0.2) is 469 Å². The number of aromatic nitrogens is 17. The second-order valence-corrected chi connectivity index (χ2v) is 33.3. The summed E-state index contributed by atoms with van der Waals surface area (Å²) in [4.78, 5) is 74.4. The van der Waals surface area contributed by atoms with E-state index in [-0.39, 0.29) is 0 Å². The lowest BCUT2D eigenvalue weighted by atomic mass is 9.93. The third-order valence-electron chi connectivity index (χ3n) is 23.0. The Hall–Kier alpha value is -18.6. The Morgan fingerprint density at radius 1 is 0.157 bits per heavy atom. The molecular formula is C123H95N17. The van der Waals surface area contributed by atoms with E-state index in [0.717, 1.165) is 101 Å². The largest absolute Gasteiger partial charge is 0.265 e. The van der Waals surface area contributed by atoms with Crippen molar-refractivity contribution >= 4 is 21.8 Å². The van der Waals surface area contributed by atoms with Gasteiger partial charge in [0.15, 0.2) is 23.3 Å². The predicted octanol–water partition coefficient (Wildman–Crippen LogP) is 29.0. The van der Waals surface area contributed by atoms with E-state index in [0.29, 0.717) is 34.9 Å². The van der Waals surface area contributed by atoms with Crippen LogP contribution in [-0.2, 0) is 0 Å². The SMILES string of the molecule is Cc1cc(-c2cc(-c3ccccc3)cc(-c3ccccc3)c2)nc(-c2cc(-c3ccccc3)cc(-c3ccccc3)c2)c1.Cc1cc(-c2ccccc2)cc(-c2cccnc2)c1.Cc1cc(-c2ccccc2)nc2c1ccc1cccnc12.Cc1cc(-c2cccnc2)nc(-c2cccnc2)c1.Cc1nc(-c2cccnc2)nc(-c2cccnc2)n1.Cc1nc(-c2ccncc2)nc(-c2ccncc2)n1. The molecule has 0 spiro atoms. The highest BCUT2D eigenvalue weighted by Gasteiger charge is 2.18. The van der Waals surface area contributed by atoms with Crippen LogP contribution in [0.25, 0.3) is 190 Å². The summed E-state index contributed by atoms with van der Waals surface area (Å²) in [5.74, 6) is 3.92. The van der Waals surface area contributed by atoms with Crippen LogP contribution in [-0.4, -0.2) is 84.7 Å². The molecule has 0 fully saturated rings. The normalized spacial score (nSPS) is 10.6. The summed E-state index contributed by atoms with van der Waals surface area (Å²) < 4.78 is 0. The Balaban J connectivity index is 0.000000116. The van der Waals surface area contributed by atoms with Crippen molar-refractivity contribution in [1.29, 1.82) is 0 Å². The minimum absolute atomic E-state index is 0.624. The van der Waals surface area contributed by atoms with Crippen molar-refractivity contribution in [2.75, 3.05) is 0 Å². The van der Waals surface area contributed by atoms with Crippen molar-refractivity contribution in [3.8, 4) is 169 Å². The summed E-state index contributed by atoms with van der Waals surface area (Å²) in [6.07, 6.45) is 26.5. The van der Waals surface area contributed by atoms with Crippen molar-refractivity contribution in [3.63, 3.8) is 0 Å². The lowest BCUT2D eigenvalue weighted by molar-refractivity contribution is 0.988.